The van der Waals surface area contributed by atoms with Crippen LogP contribution in [0, 0.1) is 0 Å². The van der Waals surface area contributed by atoms with E-state index >= 15 is 0 Å². The van der Waals surface area contributed by atoms with Crippen molar-refractivity contribution < 1.29 is 8.83 Å². The van der Waals surface area contributed by atoms with Crippen LogP contribution < -0.4 is 0 Å². The summed E-state index contributed by atoms with van der Waals surface area (Å²) < 4.78 is 18.9. The molecule has 0 bridgehead atoms. The summed E-state index contributed by atoms with van der Waals surface area (Å²) in [4.78, 5) is 8.96. The van der Waals surface area contributed by atoms with Crippen LogP contribution in [0.1, 0.15) is 24.2 Å². The van der Waals surface area contributed by atoms with Crippen LogP contribution in [-0.4, -0.2) is 23.7 Å². The van der Waals surface area contributed by atoms with Crippen molar-refractivity contribution in [3.63, 3.8) is 0 Å². The maximum Gasteiger partial charge on any atom is 0.181 e. The minimum atomic E-state index is 0.897. The van der Waals surface area contributed by atoms with Crippen LogP contribution in [0.25, 0.3) is 72.9 Å². The van der Waals surface area contributed by atoms with Gasteiger partial charge in [-0.25, -0.2) is 9.97 Å². The van der Waals surface area contributed by atoms with Gasteiger partial charge in [-0.15, -0.1) is 0 Å². The number of hydrogen-bond donors (Lipinski definition) is 0. The zero-order chi connectivity index (χ0) is 29.5. The molecule has 0 atom stereocenters. The number of oxazole rings is 2. The van der Waals surface area contributed by atoms with Crippen LogP contribution in [0.3, 0.4) is 0 Å². The number of hydrogen-bond acceptors (Lipinski definition) is 4. The molecule has 0 aliphatic carbocycles. The highest BCUT2D eigenvalue weighted by Crippen LogP contribution is 2.40. The first-order valence-corrected chi connectivity index (χ1v) is 15.7. The SMILES string of the molecule is c1ccc(-n2c3ccc(-c4ccc5n4CCCc4ncoc4-5)cc3c3cc(-c4ccc5n4CCCc4ncoc4-5)ccc32)cc1. The van der Waals surface area contributed by atoms with Gasteiger partial charge >= 0.3 is 0 Å². The molecule has 0 fully saturated rings. The fraction of sp³-hybridized carbons (Fsp3) is 0.158. The highest BCUT2D eigenvalue weighted by Gasteiger charge is 2.24. The molecular weight excluding hydrogens is 558 g/mol. The number of fused-ring (bicyclic) bond motifs is 9. The maximum atomic E-state index is 5.86. The van der Waals surface area contributed by atoms with Gasteiger partial charge in [0, 0.05) is 40.9 Å². The van der Waals surface area contributed by atoms with Gasteiger partial charge in [0.15, 0.2) is 24.3 Å². The molecule has 10 rings (SSSR count). The van der Waals surface area contributed by atoms with Crippen molar-refractivity contribution in [2.45, 2.75) is 38.8 Å². The van der Waals surface area contributed by atoms with Gasteiger partial charge < -0.3 is 22.5 Å². The zero-order valence-corrected chi connectivity index (χ0v) is 24.6. The van der Waals surface area contributed by atoms with E-state index in [9.17, 15) is 0 Å². The van der Waals surface area contributed by atoms with Gasteiger partial charge in [0.2, 0.25) is 0 Å². The lowest BCUT2D eigenvalue weighted by Crippen LogP contribution is -2.00. The molecule has 7 nitrogen and oxygen atoms in total. The summed E-state index contributed by atoms with van der Waals surface area (Å²) in [7, 11) is 0. The lowest BCUT2D eigenvalue weighted by molar-refractivity contribution is 0.564. The molecule has 7 heterocycles. The average Bonchev–Trinajstić information content (AvgIpc) is 3.90. The molecule has 0 saturated carbocycles. The van der Waals surface area contributed by atoms with Crippen molar-refractivity contribution in [3.05, 3.63) is 115 Å². The summed E-state index contributed by atoms with van der Waals surface area (Å²) in [5.74, 6) is 1.79. The highest BCUT2D eigenvalue weighted by molar-refractivity contribution is 6.11. The third-order valence-electron chi connectivity index (χ3n) is 9.67. The average molecular weight is 588 g/mol. The lowest BCUT2D eigenvalue weighted by atomic mass is 10.0. The first-order valence-electron chi connectivity index (χ1n) is 15.7. The largest absolute Gasteiger partial charge is 0.442 e. The number of rotatable bonds is 3. The Balaban J connectivity index is 1.18. The van der Waals surface area contributed by atoms with E-state index in [1.807, 2.05) is 0 Å². The van der Waals surface area contributed by atoms with Crippen molar-refractivity contribution >= 4 is 21.8 Å². The number of aryl methyl sites for hydroxylation is 2. The smallest absolute Gasteiger partial charge is 0.181 e. The fourth-order valence-corrected chi connectivity index (χ4v) is 7.64. The number of benzene rings is 3. The van der Waals surface area contributed by atoms with Crippen molar-refractivity contribution in [1.29, 1.82) is 0 Å². The van der Waals surface area contributed by atoms with E-state index in [0.29, 0.717) is 0 Å². The Morgan fingerprint density at radius 1 is 0.533 bits per heavy atom. The molecule has 0 saturated heterocycles. The Hall–Kier alpha value is -5.56. The predicted molar refractivity (Wildman–Crippen MR) is 175 cm³/mol. The van der Waals surface area contributed by atoms with E-state index in [2.05, 4.69) is 115 Å². The molecule has 5 aromatic heterocycles. The highest BCUT2D eigenvalue weighted by atomic mass is 16.3. The molecule has 218 valence electrons. The molecule has 0 radical (unpaired) electrons. The summed E-state index contributed by atoms with van der Waals surface area (Å²) in [6, 6.07) is 33.3. The van der Waals surface area contributed by atoms with Crippen LogP contribution in [0.2, 0.25) is 0 Å². The van der Waals surface area contributed by atoms with Gasteiger partial charge in [0.1, 0.15) is 0 Å². The Morgan fingerprint density at radius 2 is 1.04 bits per heavy atom. The Bertz CT molecular complexity index is 2250. The van der Waals surface area contributed by atoms with E-state index in [1.54, 1.807) is 12.8 Å². The number of para-hydroxylation sites is 1. The molecule has 0 spiro atoms. The first kappa shape index (κ1) is 24.8. The first-order chi connectivity index (χ1) is 22.3. The third kappa shape index (κ3) is 3.64. The van der Waals surface area contributed by atoms with Crippen LogP contribution >= 0.6 is 0 Å². The third-order valence-corrected chi connectivity index (χ3v) is 9.67. The molecule has 0 unspecified atom stereocenters. The maximum absolute atomic E-state index is 5.86. The second-order valence-electron chi connectivity index (χ2n) is 12.1. The minimum Gasteiger partial charge on any atom is -0.442 e. The predicted octanol–water partition coefficient (Wildman–Crippen LogP) is 8.92. The van der Waals surface area contributed by atoms with Crippen LogP contribution in [0.4, 0.5) is 0 Å². The molecular formula is C38H29N5O2. The Kier molecular flexibility index (Phi) is 5.23. The molecule has 0 amide bonds. The van der Waals surface area contributed by atoms with Gasteiger partial charge in [0.25, 0.3) is 0 Å². The van der Waals surface area contributed by atoms with Gasteiger partial charge in [-0.3, -0.25) is 0 Å². The number of nitrogens with zero attached hydrogens (tertiary/aromatic N) is 5. The van der Waals surface area contributed by atoms with Crippen molar-refractivity contribution in [1.82, 2.24) is 23.7 Å². The molecule has 7 heteroatoms. The zero-order valence-electron chi connectivity index (χ0n) is 24.6. The molecule has 2 aliphatic heterocycles. The Morgan fingerprint density at radius 3 is 1.58 bits per heavy atom. The fourth-order valence-electron chi connectivity index (χ4n) is 7.64. The van der Waals surface area contributed by atoms with Crippen LogP contribution in [-0.2, 0) is 25.9 Å². The molecule has 2 aliphatic rings. The second-order valence-corrected chi connectivity index (χ2v) is 12.1. The van der Waals surface area contributed by atoms with Gasteiger partial charge in [-0.1, -0.05) is 30.3 Å². The van der Waals surface area contributed by atoms with Crippen molar-refractivity contribution in [3.8, 4) is 51.1 Å². The van der Waals surface area contributed by atoms with Gasteiger partial charge in [-0.2, -0.15) is 0 Å². The summed E-state index contributed by atoms with van der Waals surface area (Å²) in [5, 5.41) is 2.47. The minimum absolute atomic E-state index is 0.897. The molecule has 45 heavy (non-hydrogen) atoms. The summed E-state index contributed by atoms with van der Waals surface area (Å²) in [6.45, 7) is 1.87. The topological polar surface area (TPSA) is 66.8 Å². The van der Waals surface area contributed by atoms with E-state index in [0.717, 1.165) is 78.8 Å². The van der Waals surface area contributed by atoms with E-state index in [-0.39, 0.29) is 0 Å². The Labute approximate surface area is 259 Å². The summed E-state index contributed by atoms with van der Waals surface area (Å²) in [6.07, 6.45) is 7.07. The van der Waals surface area contributed by atoms with E-state index in [1.165, 1.54) is 44.3 Å². The summed E-state index contributed by atoms with van der Waals surface area (Å²) >= 11 is 0. The quantitative estimate of drug-likeness (QED) is 0.207. The van der Waals surface area contributed by atoms with Crippen molar-refractivity contribution in [2.24, 2.45) is 0 Å². The van der Waals surface area contributed by atoms with E-state index in [4.69, 9.17) is 8.83 Å². The standard InChI is InChI=1S/C38H29N5O2/c1-2-6-26(7-3-1)43-33-12-10-24(31-14-16-35-37-29(39-22-44-37)8-4-18-41(31)35)20-27(33)28-21-25(11-13-34(28)43)32-15-17-36-38-30(40-23-45-38)9-5-19-42(32)36/h1-3,6-7,10-17,20-23H,4-5,8-9,18-19H2. The second kappa shape index (κ2) is 9.47. The number of aromatic nitrogens is 5. The van der Waals surface area contributed by atoms with Gasteiger partial charge in [-0.05, 0) is 97.5 Å². The monoisotopic (exact) mass is 587 g/mol. The van der Waals surface area contributed by atoms with Gasteiger partial charge in [0.05, 0.1) is 33.8 Å². The normalized spacial score (nSPS) is 14.1. The molecule has 8 aromatic rings. The molecule has 3 aromatic carbocycles. The van der Waals surface area contributed by atoms with E-state index < -0.39 is 0 Å². The van der Waals surface area contributed by atoms with Crippen molar-refractivity contribution in [2.75, 3.05) is 0 Å². The molecule has 0 N–H and O–H groups in total. The van der Waals surface area contributed by atoms with Crippen LogP contribution in [0.5, 0.6) is 0 Å². The van der Waals surface area contributed by atoms with Crippen LogP contribution in [0.15, 0.2) is 113 Å². The lowest BCUT2D eigenvalue weighted by Gasteiger charge is -2.11. The summed E-state index contributed by atoms with van der Waals surface area (Å²) in [5.41, 5.74) is 12.6.